The van der Waals surface area contributed by atoms with E-state index in [4.69, 9.17) is 21.1 Å². The number of nitrogens with zero attached hydrogens (tertiary/aromatic N) is 3. The second-order valence-corrected chi connectivity index (χ2v) is 6.20. The molecule has 0 radical (unpaired) electrons. The third-order valence-corrected chi connectivity index (χ3v) is 3.79. The minimum Gasteiger partial charge on any atom is -0.495 e. The lowest BCUT2D eigenvalue weighted by atomic mass is 10.3. The van der Waals surface area contributed by atoms with Crippen molar-refractivity contribution < 1.29 is 23.9 Å². The molecule has 2 aromatic rings. The smallest absolute Gasteiger partial charge is 0.359 e. The van der Waals surface area contributed by atoms with Gasteiger partial charge < -0.3 is 19.7 Å². The summed E-state index contributed by atoms with van der Waals surface area (Å²) in [5.74, 6) is -1.36. The number of methoxy groups -OCH3 is 1. The number of esters is 1. The van der Waals surface area contributed by atoms with Gasteiger partial charge >= 0.3 is 5.97 Å². The fourth-order valence-electron chi connectivity index (χ4n) is 2.08. The molecule has 0 atom stereocenters. The van der Waals surface area contributed by atoms with Gasteiger partial charge in [-0.2, -0.15) is 0 Å². The zero-order valence-electron chi connectivity index (χ0n) is 15.6. The van der Waals surface area contributed by atoms with Crippen LogP contribution in [0, 0.1) is 6.92 Å². The van der Waals surface area contributed by atoms with Crippen LogP contribution in [-0.4, -0.2) is 60.0 Å². The topological polar surface area (TPSA) is 111 Å². The fourth-order valence-corrected chi connectivity index (χ4v) is 2.25. The molecule has 0 aliphatic rings. The number of aromatic nitrogens is 2. The second-order valence-electron chi connectivity index (χ2n) is 5.76. The zero-order valence-corrected chi connectivity index (χ0v) is 16.3. The first kappa shape index (κ1) is 21.1. The molecule has 9 nitrogen and oxygen atoms in total. The van der Waals surface area contributed by atoms with Gasteiger partial charge in [-0.15, -0.1) is 0 Å². The molecule has 148 valence electrons. The summed E-state index contributed by atoms with van der Waals surface area (Å²) < 4.78 is 10.0. The molecule has 1 heterocycles. The van der Waals surface area contributed by atoms with Crippen LogP contribution >= 0.6 is 11.6 Å². The quantitative estimate of drug-likeness (QED) is 0.696. The SMILES string of the molecule is COc1ccc(Cl)cc1NC(=O)CN(C)C(=O)COC(=O)c1cnc(C)cn1. The van der Waals surface area contributed by atoms with Crippen molar-refractivity contribution in [3.05, 3.63) is 47.0 Å². The molecule has 0 aliphatic carbocycles. The lowest BCUT2D eigenvalue weighted by molar-refractivity contribution is -0.136. The Kier molecular flexibility index (Phi) is 7.28. The van der Waals surface area contributed by atoms with E-state index >= 15 is 0 Å². The molecule has 0 fully saturated rings. The summed E-state index contributed by atoms with van der Waals surface area (Å²) >= 11 is 5.91. The molecule has 1 aromatic heterocycles. The van der Waals surface area contributed by atoms with Gasteiger partial charge in [0.2, 0.25) is 5.91 Å². The number of amides is 2. The van der Waals surface area contributed by atoms with Crippen molar-refractivity contribution in [2.75, 3.05) is 32.6 Å². The number of ether oxygens (including phenoxy) is 2. The third kappa shape index (κ3) is 5.92. The summed E-state index contributed by atoms with van der Waals surface area (Å²) in [7, 11) is 2.87. The number of likely N-dealkylation sites (N-methyl/N-ethyl adjacent to an activating group) is 1. The lowest BCUT2D eigenvalue weighted by Crippen LogP contribution is -2.37. The molecule has 0 saturated heterocycles. The van der Waals surface area contributed by atoms with Crippen LogP contribution in [0.3, 0.4) is 0 Å². The Morgan fingerprint density at radius 1 is 1.21 bits per heavy atom. The van der Waals surface area contributed by atoms with Gasteiger partial charge in [0.15, 0.2) is 12.3 Å². The van der Waals surface area contributed by atoms with E-state index in [1.807, 2.05) is 0 Å². The van der Waals surface area contributed by atoms with Crippen molar-refractivity contribution in [2.24, 2.45) is 0 Å². The number of carbonyl (C=O) groups is 3. The zero-order chi connectivity index (χ0) is 20.7. The predicted molar refractivity (Wildman–Crippen MR) is 101 cm³/mol. The first-order valence-electron chi connectivity index (χ1n) is 8.13. The molecule has 0 unspecified atom stereocenters. The van der Waals surface area contributed by atoms with E-state index < -0.39 is 24.4 Å². The van der Waals surface area contributed by atoms with Gasteiger partial charge in [-0.1, -0.05) is 11.6 Å². The van der Waals surface area contributed by atoms with Crippen LogP contribution in [0.5, 0.6) is 5.75 Å². The molecular weight excluding hydrogens is 388 g/mol. The average Bonchev–Trinajstić information content (AvgIpc) is 2.66. The minimum absolute atomic E-state index is 0.00755. The van der Waals surface area contributed by atoms with E-state index in [0.717, 1.165) is 4.90 Å². The van der Waals surface area contributed by atoms with Gasteiger partial charge in [-0.3, -0.25) is 14.6 Å². The summed E-state index contributed by atoms with van der Waals surface area (Å²) in [6.07, 6.45) is 2.68. The third-order valence-electron chi connectivity index (χ3n) is 3.56. The largest absolute Gasteiger partial charge is 0.495 e. The first-order chi connectivity index (χ1) is 13.3. The summed E-state index contributed by atoms with van der Waals surface area (Å²) in [5, 5.41) is 3.04. The average molecular weight is 407 g/mol. The number of nitrogens with one attached hydrogen (secondary N) is 1. The highest BCUT2D eigenvalue weighted by molar-refractivity contribution is 6.31. The maximum Gasteiger partial charge on any atom is 0.359 e. The maximum atomic E-state index is 12.2. The number of benzene rings is 1. The van der Waals surface area contributed by atoms with Gasteiger partial charge in [-0.05, 0) is 25.1 Å². The Hall–Kier alpha value is -3.20. The molecule has 0 saturated carbocycles. The van der Waals surface area contributed by atoms with Crippen LogP contribution in [0.25, 0.3) is 0 Å². The van der Waals surface area contributed by atoms with Crippen LogP contribution < -0.4 is 10.1 Å². The number of halogens is 1. The van der Waals surface area contributed by atoms with Crippen LogP contribution in [0.15, 0.2) is 30.6 Å². The van der Waals surface area contributed by atoms with E-state index in [-0.39, 0.29) is 12.2 Å². The predicted octanol–water partition coefficient (Wildman–Crippen LogP) is 1.70. The van der Waals surface area contributed by atoms with E-state index in [0.29, 0.717) is 22.2 Å². The van der Waals surface area contributed by atoms with Crippen molar-refractivity contribution in [3.63, 3.8) is 0 Å². The summed E-state index contributed by atoms with van der Waals surface area (Å²) in [5.41, 5.74) is 1.02. The van der Waals surface area contributed by atoms with Crippen molar-refractivity contribution in [1.82, 2.24) is 14.9 Å². The number of rotatable bonds is 7. The number of carbonyl (C=O) groups excluding carboxylic acids is 3. The van der Waals surface area contributed by atoms with Gasteiger partial charge in [-0.25, -0.2) is 9.78 Å². The van der Waals surface area contributed by atoms with Gasteiger partial charge in [0, 0.05) is 18.3 Å². The van der Waals surface area contributed by atoms with Gasteiger partial charge in [0.05, 0.1) is 31.2 Å². The Morgan fingerprint density at radius 3 is 2.61 bits per heavy atom. The van der Waals surface area contributed by atoms with E-state index in [1.54, 1.807) is 19.1 Å². The Labute approximate surface area is 166 Å². The van der Waals surface area contributed by atoms with E-state index in [9.17, 15) is 14.4 Å². The summed E-state index contributed by atoms with van der Waals surface area (Å²) in [6.45, 7) is 0.944. The van der Waals surface area contributed by atoms with E-state index in [2.05, 4.69) is 15.3 Å². The molecule has 10 heteroatoms. The number of hydrogen-bond donors (Lipinski definition) is 1. The van der Waals surface area contributed by atoms with Crippen LogP contribution in [0.2, 0.25) is 5.02 Å². The molecule has 1 N–H and O–H groups in total. The maximum absolute atomic E-state index is 12.2. The van der Waals surface area contributed by atoms with Gasteiger partial charge in [0.25, 0.3) is 5.91 Å². The lowest BCUT2D eigenvalue weighted by Gasteiger charge is -2.17. The molecule has 28 heavy (non-hydrogen) atoms. The van der Waals surface area contributed by atoms with Crippen molar-refractivity contribution in [2.45, 2.75) is 6.92 Å². The summed E-state index contributed by atoms with van der Waals surface area (Å²) in [6, 6.07) is 4.77. The van der Waals surface area contributed by atoms with Crippen LogP contribution in [0.4, 0.5) is 5.69 Å². The van der Waals surface area contributed by atoms with Crippen molar-refractivity contribution in [3.8, 4) is 5.75 Å². The monoisotopic (exact) mass is 406 g/mol. The number of hydrogen-bond acceptors (Lipinski definition) is 7. The highest BCUT2D eigenvalue weighted by Crippen LogP contribution is 2.27. The number of aryl methyl sites for hydroxylation is 1. The summed E-state index contributed by atoms with van der Waals surface area (Å²) in [4.78, 5) is 45.0. The molecule has 0 bridgehead atoms. The van der Waals surface area contributed by atoms with Crippen LogP contribution in [0.1, 0.15) is 16.2 Å². The van der Waals surface area contributed by atoms with E-state index in [1.165, 1.54) is 32.6 Å². The molecule has 2 rings (SSSR count). The van der Waals surface area contributed by atoms with Crippen LogP contribution in [-0.2, 0) is 14.3 Å². The van der Waals surface area contributed by atoms with Gasteiger partial charge in [0.1, 0.15) is 5.75 Å². The molecular formula is C18H19ClN4O5. The standard InChI is InChI=1S/C18H19ClN4O5/c1-11-7-21-14(8-20-11)18(26)28-10-17(25)23(2)9-16(24)22-13-6-12(19)4-5-15(13)27-3/h4-8H,9-10H2,1-3H3,(H,22,24). The minimum atomic E-state index is -0.776. The molecule has 0 aliphatic heterocycles. The van der Waals surface area contributed by atoms with Crippen molar-refractivity contribution in [1.29, 1.82) is 0 Å². The second kappa shape index (κ2) is 9.65. The number of anilines is 1. The highest BCUT2D eigenvalue weighted by Gasteiger charge is 2.17. The Bertz CT molecular complexity index is 873. The normalized spacial score (nSPS) is 10.1. The molecule has 2 amide bonds. The van der Waals surface area contributed by atoms with Crippen molar-refractivity contribution >= 4 is 35.1 Å². The highest BCUT2D eigenvalue weighted by atomic mass is 35.5. The molecule has 0 spiro atoms. The fraction of sp³-hybridized carbons (Fsp3) is 0.278. The Morgan fingerprint density at radius 2 is 1.96 bits per heavy atom. The molecule has 1 aromatic carbocycles. The Balaban J connectivity index is 1.86. The first-order valence-corrected chi connectivity index (χ1v) is 8.51.